The Morgan fingerprint density at radius 2 is 2.32 bits per heavy atom. The fourth-order valence-electron chi connectivity index (χ4n) is 3.42. The van der Waals surface area contributed by atoms with Crippen LogP contribution in [-0.4, -0.2) is 36.4 Å². The number of carbonyl (C=O) groups excluding carboxylic acids is 2. The summed E-state index contributed by atoms with van der Waals surface area (Å²) in [5, 5.41) is 0. The van der Waals surface area contributed by atoms with Gasteiger partial charge in [0.1, 0.15) is 12.7 Å². The number of hydrogen-bond donors (Lipinski definition) is 0. The molecule has 2 heterocycles. The Morgan fingerprint density at radius 3 is 3.05 bits per heavy atom. The molecule has 120 valence electrons. The maximum atomic E-state index is 11.8. The smallest absolute Gasteiger partial charge is 0.334 e. The highest BCUT2D eigenvalue weighted by molar-refractivity contribution is 5.90. The molecule has 5 nitrogen and oxygen atoms in total. The van der Waals surface area contributed by atoms with Gasteiger partial charge in [0.25, 0.3) is 0 Å². The first kappa shape index (κ1) is 15.3. The third-order valence-corrected chi connectivity index (χ3v) is 4.91. The Labute approximate surface area is 130 Å². The van der Waals surface area contributed by atoms with Crippen LogP contribution in [0.3, 0.4) is 0 Å². The summed E-state index contributed by atoms with van der Waals surface area (Å²) in [7, 11) is 0. The van der Waals surface area contributed by atoms with Crippen LogP contribution in [0.4, 0.5) is 0 Å². The Balaban J connectivity index is 1.78. The van der Waals surface area contributed by atoms with Crippen molar-refractivity contribution < 1.29 is 23.8 Å². The van der Waals surface area contributed by atoms with Crippen LogP contribution in [0.5, 0.6) is 0 Å². The number of fused-ring (bicyclic) bond motifs is 2. The van der Waals surface area contributed by atoms with E-state index in [0.29, 0.717) is 18.6 Å². The van der Waals surface area contributed by atoms with Gasteiger partial charge in [-0.3, -0.25) is 4.79 Å². The molecule has 0 saturated carbocycles. The van der Waals surface area contributed by atoms with E-state index in [4.69, 9.17) is 14.2 Å². The molecule has 4 atom stereocenters. The summed E-state index contributed by atoms with van der Waals surface area (Å²) in [6, 6.07) is 0. The van der Waals surface area contributed by atoms with Crippen molar-refractivity contribution >= 4 is 11.9 Å². The van der Waals surface area contributed by atoms with Crippen LogP contribution in [0.2, 0.25) is 0 Å². The normalized spacial score (nSPS) is 37.5. The van der Waals surface area contributed by atoms with E-state index < -0.39 is 0 Å². The van der Waals surface area contributed by atoms with Crippen LogP contribution in [-0.2, 0) is 23.8 Å². The summed E-state index contributed by atoms with van der Waals surface area (Å²) < 4.78 is 16.4. The van der Waals surface area contributed by atoms with Crippen molar-refractivity contribution in [2.75, 3.05) is 6.61 Å². The molecule has 0 spiro atoms. The molecule has 3 rings (SSSR count). The predicted molar refractivity (Wildman–Crippen MR) is 79.0 cm³/mol. The summed E-state index contributed by atoms with van der Waals surface area (Å²) in [5.41, 5.74) is 1.40. The molecule has 0 aromatic rings. The molecular weight excluding hydrogens is 284 g/mol. The quantitative estimate of drug-likeness (QED) is 0.339. The Hall–Kier alpha value is -1.62. The van der Waals surface area contributed by atoms with Crippen molar-refractivity contribution in [3.8, 4) is 0 Å². The first-order valence-electron chi connectivity index (χ1n) is 7.78. The van der Waals surface area contributed by atoms with Gasteiger partial charge < -0.3 is 14.2 Å². The minimum absolute atomic E-state index is 0.0143. The molecule has 0 radical (unpaired) electrons. The molecule has 0 amide bonds. The van der Waals surface area contributed by atoms with Crippen LogP contribution >= 0.6 is 0 Å². The van der Waals surface area contributed by atoms with Gasteiger partial charge in [0.2, 0.25) is 0 Å². The molecule has 2 aliphatic heterocycles. The van der Waals surface area contributed by atoms with E-state index in [-0.39, 0.29) is 35.7 Å². The minimum atomic E-state index is -0.301. The zero-order valence-corrected chi connectivity index (χ0v) is 13.1. The lowest BCUT2D eigenvalue weighted by atomic mass is 9.84. The van der Waals surface area contributed by atoms with E-state index in [2.05, 4.69) is 19.6 Å². The highest BCUT2D eigenvalue weighted by atomic mass is 16.6. The SMILES string of the molecule is C=C1C(=O)OC2CC3(C)OC3CCC(COC(C)=O)=CCC12. The second-order valence-corrected chi connectivity index (χ2v) is 6.62. The Morgan fingerprint density at radius 1 is 1.55 bits per heavy atom. The topological polar surface area (TPSA) is 65.1 Å². The molecule has 3 aliphatic rings. The molecule has 5 heteroatoms. The van der Waals surface area contributed by atoms with Gasteiger partial charge in [-0.15, -0.1) is 0 Å². The average Bonchev–Trinajstić information content (AvgIpc) is 3.01. The van der Waals surface area contributed by atoms with Crippen LogP contribution in [0.25, 0.3) is 0 Å². The fraction of sp³-hybridized carbons (Fsp3) is 0.647. The van der Waals surface area contributed by atoms with Crippen molar-refractivity contribution in [2.45, 2.75) is 57.3 Å². The summed E-state index contributed by atoms with van der Waals surface area (Å²) >= 11 is 0. The molecule has 1 aliphatic carbocycles. The molecule has 0 aromatic heterocycles. The first-order valence-corrected chi connectivity index (χ1v) is 7.78. The van der Waals surface area contributed by atoms with E-state index in [0.717, 1.165) is 24.8 Å². The van der Waals surface area contributed by atoms with E-state index in [9.17, 15) is 9.59 Å². The molecule has 2 fully saturated rings. The second kappa shape index (κ2) is 5.54. The number of allylic oxidation sites excluding steroid dienone is 1. The van der Waals surface area contributed by atoms with Crippen molar-refractivity contribution in [3.63, 3.8) is 0 Å². The molecular formula is C17H22O5. The van der Waals surface area contributed by atoms with Crippen LogP contribution in [0, 0.1) is 5.92 Å². The highest BCUT2D eigenvalue weighted by Gasteiger charge is 2.55. The molecule has 0 aromatic carbocycles. The number of ether oxygens (including phenoxy) is 3. The first-order chi connectivity index (χ1) is 10.4. The number of carbonyl (C=O) groups is 2. The fourth-order valence-corrected chi connectivity index (χ4v) is 3.42. The van der Waals surface area contributed by atoms with Crippen LogP contribution in [0.1, 0.15) is 39.5 Å². The summed E-state index contributed by atoms with van der Waals surface area (Å²) in [5.74, 6) is -0.600. The van der Waals surface area contributed by atoms with E-state index >= 15 is 0 Å². The third-order valence-electron chi connectivity index (χ3n) is 4.91. The number of esters is 2. The second-order valence-electron chi connectivity index (χ2n) is 6.62. The van der Waals surface area contributed by atoms with E-state index in [1.165, 1.54) is 6.92 Å². The lowest BCUT2D eigenvalue weighted by molar-refractivity contribution is -0.141. The van der Waals surface area contributed by atoms with Gasteiger partial charge in [-0.2, -0.15) is 0 Å². The zero-order valence-electron chi connectivity index (χ0n) is 13.1. The Kier molecular flexibility index (Phi) is 3.85. The number of hydrogen-bond acceptors (Lipinski definition) is 5. The average molecular weight is 306 g/mol. The maximum absolute atomic E-state index is 11.8. The van der Waals surface area contributed by atoms with Gasteiger partial charge in [-0.1, -0.05) is 12.7 Å². The molecule has 4 unspecified atom stereocenters. The lowest BCUT2D eigenvalue weighted by Gasteiger charge is -2.20. The van der Waals surface area contributed by atoms with Crippen molar-refractivity contribution in [1.82, 2.24) is 0 Å². The van der Waals surface area contributed by atoms with Gasteiger partial charge >= 0.3 is 11.9 Å². The van der Waals surface area contributed by atoms with Gasteiger partial charge in [0, 0.05) is 24.8 Å². The Bertz CT molecular complexity index is 549. The predicted octanol–water partition coefficient (Wildman–Crippen LogP) is 2.31. The molecule has 0 N–H and O–H groups in total. The van der Waals surface area contributed by atoms with Crippen LogP contribution < -0.4 is 0 Å². The maximum Gasteiger partial charge on any atom is 0.334 e. The molecule has 0 bridgehead atoms. The van der Waals surface area contributed by atoms with E-state index in [1.54, 1.807) is 0 Å². The number of epoxide rings is 1. The summed E-state index contributed by atoms with van der Waals surface area (Å²) in [4.78, 5) is 22.8. The van der Waals surface area contributed by atoms with Crippen molar-refractivity contribution in [2.24, 2.45) is 5.92 Å². The van der Waals surface area contributed by atoms with Gasteiger partial charge in [0.15, 0.2) is 0 Å². The van der Waals surface area contributed by atoms with E-state index in [1.807, 2.05) is 0 Å². The summed E-state index contributed by atoms with van der Waals surface area (Å²) in [6.07, 6.45) is 5.23. The van der Waals surface area contributed by atoms with Gasteiger partial charge in [-0.25, -0.2) is 4.79 Å². The number of rotatable bonds is 2. The van der Waals surface area contributed by atoms with Crippen molar-refractivity contribution in [1.29, 1.82) is 0 Å². The third kappa shape index (κ3) is 2.95. The van der Waals surface area contributed by atoms with Crippen molar-refractivity contribution in [3.05, 3.63) is 23.8 Å². The summed E-state index contributed by atoms with van der Waals surface area (Å²) in [6.45, 7) is 7.66. The largest absolute Gasteiger partial charge is 0.461 e. The van der Waals surface area contributed by atoms with Gasteiger partial charge in [0.05, 0.1) is 11.7 Å². The van der Waals surface area contributed by atoms with Crippen LogP contribution in [0.15, 0.2) is 23.8 Å². The molecule has 22 heavy (non-hydrogen) atoms. The van der Waals surface area contributed by atoms with Gasteiger partial charge in [-0.05, 0) is 31.8 Å². The zero-order chi connectivity index (χ0) is 15.9. The highest BCUT2D eigenvalue weighted by Crippen LogP contribution is 2.47. The monoisotopic (exact) mass is 306 g/mol. The molecule has 2 saturated heterocycles. The lowest BCUT2D eigenvalue weighted by Crippen LogP contribution is -2.26. The standard InChI is InChI=1S/C17H22O5/c1-10-13-6-4-12(9-20-11(2)18)5-7-15-17(3,22-15)8-14(13)21-16(10)19/h4,13-15H,1,5-9H2,2-3H3. The minimum Gasteiger partial charge on any atom is -0.461 e.